The lowest BCUT2D eigenvalue weighted by Crippen LogP contribution is -2.16. The molecule has 0 fully saturated rings. The average Bonchev–Trinajstić information content (AvgIpc) is 2.47. The predicted molar refractivity (Wildman–Crippen MR) is 70.5 cm³/mol. The minimum atomic E-state index is -0.222. The van der Waals surface area contributed by atoms with E-state index < -0.39 is 0 Å². The van der Waals surface area contributed by atoms with Gasteiger partial charge in [0.2, 0.25) is 0 Å². The third-order valence-corrected chi connectivity index (χ3v) is 3.27. The smallest absolute Gasteiger partial charge is 0.125 e. The van der Waals surface area contributed by atoms with Crippen LogP contribution in [-0.4, -0.2) is 6.61 Å². The van der Waals surface area contributed by atoms with Crippen LogP contribution in [0.3, 0.4) is 0 Å². The Kier molecular flexibility index (Phi) is 3.47. The molecule has 2 aromatic carbocycles. The minimum absolute atomic E-state index is 0.0509. The van der Waals surface area contributed by atoms with Gasteiger partial charge in [0.25, 0.3) is 0 Å². The van der Waals surface area contributed by atoms with E-state index in [1.807, 2.05) is 24.3 Å². The highest BCUT2D eigenvalue weighted by molar-refractivity contribution is 5.36. The lowest BCUT2D eigenvalue weighted by Gasteiger charge is -2.26. The fourth-order valence-corrected chi connectivity index (χ4v) is 2.26. The highest BCUT2D eigenvalue weighted by atomic mass is 19.1. The molecule has 1 heterocycles. The van der Waals surface area contributed by atoms with Gasteiger partial charge in [0, 0.05) is 12.0 Å². The summed E-state index contributed by atoms with van der Waals surface area (Å²) in [6.45, 7) is 1.16. The van der Waals surface area contributed by atoms with E-state index in [0.29, 0.717) is 13.2 Å². The molecule has 0 saturated heterocycles. The SMILES string of the molecule is Fc1ccc(CO[C@H]2CCOc3ccccc32)cc1. The van der Waals surface area contributed by atoms with Crippen molar-refractivity contribution in [2.24, 2.45) is 0 Å². The van der Waals surface area contributed by atoms with Gasteiger partial charge in [-0.05, 0) is 23.8 Å². The quantitative estimate of drug-likeness (QED) is 0.832. The van der Waals surface area contributed by atoms with Gasteiger partial charge in [0.05, 0.1) is 19.3 Å². The van der Waals surface area contributed by atoms with Crippen LogP contribution >= 0.6 is 0 Å². The maximum Gasteiger partial charge on any atom is 0.125 e. The zero-order valence-electron chi connectivity index (χ0n) is 10.5. The van der Waals surface area contributed by atoms with Crippen molar-refractivity contribution in [2.45, 2.75) is 19.1 Å². The largest absolute Gasteiger partial charge is 0.493 e. The molecule has 1 aliphatic rings. The summed E-state index contributed by atoms with van der Waals surface area (Å²) in [7, 11) is 0. The van der Waals surface area contributed by atoms with Gasteiger partial charge < -0.3 is 9.47 Å². The highest BCUT2D eigenvalue weighted by Crippen LogP contribution is 2.34. The molecule has 3 rings (SSSR count). The first-order chi connectivity index (χ1) is 9.33. The summed E-state index contributed by atoms with van der Waals surface area (Å²) in [5.74, 6) is 0.679. The van der Waals surface area contributed by atoms with E-state index in [1.165, 1.54) is 12.1 Å². The first-order valence-corrected chi connectivity index (χ1v) is 6.41. The van der Waals surface area contributed by atoms with Gasteiger partial charge in [-0.25, -0.2) is 4.39 Å². The van der Waals surface area contributed by atoms with Crippen LogP contribution in [0.15, 0.2) is 48.5 Å². The Bertz CT molecular complexity index is 551. The molecule has 0 bridgehead atoms. The third-order valence-electron chi connectivity index (χ3n) is 3.27. The molecule has 0 aliphatic carbocycles. The zero-order chi connectivity index (χ0) is 13.1. The molecule has 19 heavy (non-hydrogen) atoms. The number of para-hydroxylation sites is 1. The molecule has 2 nitrogen and oxygen atoms in total. The van der Waals surface area contributed by atoms with Crippen molar-refractivity contribution in [3.8, 4) is 5.75 Å². The lowest BCUT2D eigenvalue weighted by molar-refractivity contribution is 0.0127. The first-order valence-electron chi connectivity index (χ1n) is 6.41. The van der Waals surface area contributed by atoms with Crippen LogP contribution in [0.2, 0.25) is 0 Å². The summed E-state index contributed by atoms with van der Waals surface area (Å²) in [6, 6.07) is 14.4. The van der Waals surface area contributed by atoms with Crippen molar-refractivity contribution < 1.29 is 13.9 Å². The standard InChI is InChI=1S/C16H15FO2/c17-13-7-5-12(6-8-13)11-19-16-9-10-18-15-4-2-1-3-14(15)16/h1-8,16H,9-11H2/t16-/m0/s1. The molecule has 0 spiro atoms. The monoisotopic (exact) mass is 258 g/mol. The van der Waals surface area contributed by atoms with Crippen molar-refractivity contribution >= 4 is 0 Å². The zero-order valence-corrected chi connectivity index (χ0v) is 10.5. The van der Waals surface area contributed by atoms with E-state index in [1.54, 1.807) is 12.1 Å². The summed E-state index contributed by atoms with van der Waals surface area (Å²) >= 11 is 0. The Labute approximate surface area is 111 Å². The second-order valence-electron chi connectivity index (χ2n) is 4.60. The van der Waals surface area contributed by atoms with Crippen LogP contribution in [0, 0.1) is 5.82 Å². The van der Waals surface area contributed by atoms with Crippen molar-refractivity contribution in [3.05, 3.63) is 65.5 Å². The summed E-state index contributed by atoms with van der Waals surface area (Å²) in [5, 5.41) is 0. The summed E-state index contributed by atoms with van der Waals surface area (Å²) in [6.07, 6.45) is 0.896. The fraction of sp³-hybridized carbons (Fsp3) is 0.250. The fourth-order valence-electron chi connectivity index (χ4n) is 2.26. The van der Waals surface area contributed by atoms with Crippen LogP contribution in [0.5, 0.6) is 5.75 Å². The molecule has 0 N–H and O–H groups in total. The Hall–Kier alpha value is -1.87. The van der Waals surface area contributed by atoms with Gasteiger partial charge in [-0.2, -0.15) is 0 Å². The molecule has 2 aromatic rings. The second kappa shape index (κ2) is 5.41. The molecule has 0 amide bonds. The highest BCUT2D eigenvalue weighted by Gasteiger charge is 2.21. The molecule has 1 atom stereocenters. The molecule has 1 aliphatic heterocycles. The molecule has 0 saturated carbocycles. The molecule has 98 valence electrons. The van der Waals surface area contributed by atoms with E-state index in [9.17, 15) is 4.39 Å². The van der Waals surface area contributed by atoms with Crippen molar-refractivity contribution in [3.63, 3.8) is 0 Å². The van der Waals surface area contributed by atoms with Gasteiger partial charge in [0.1, 0.15) is 11.6 Å². The molecule has 0 radical (unpaired) electrons. The minimum Gasteiger partial charge on any atom is -0.493 e. The third kappa shape index (κ3) is 2.76. The number of rotatable bonds is 3. The van der Waals surface area contributed by atoms with Gasteiger partial charge in [0.15, 0.2) is 0 Å². The molecule has 3 heteroatoms. The summed E-state index contributed by atoms with van der Waals surface area (Å²) in [5.41, 5.74) is 2.07. The molecule has 0 aromatic heterocycles. The predicted octanol–water partition coefficient (Wildman–Crippen LogP) is 3.87. The van der Waals surface area contributed by atoms with E-state index >= 15 is 0 Å². The lowest BCUT2D eigenvalue weighted by atomic mass is 10.0. The number of hydrogen-bond acceptors (Lipinski definition) is 2. The Balaban J connectivity index is 1.69. The van der Waals surface area contributed by atoms with E-state index in [0.717, 1.165) is 23.3 Å². The van der Waals surface area contributed by atoms with Gasteiger partial charge in [-0.1, -0.05) is 30.3 Å². The molecular formula is C16H15FO2. The normalized spacial score (nSPS) is 17.6. The van der Waals surface area contributed by atoms with Gasteiger partial charge >= 0.3 is 0 Å². The van der Waals surface area contributed by atoms with Crippen LogP contribution in [0.1, 0.15) is 23.7 Å². The average molecular weight is 258 g/mol. The van der Waals surface area contributed by atoms with Crippen LogP contribution in [0.4, 0.5) is 4.39 Å². The van der Waals surface area contributed by atoms with E-state index in [-0.39, 0.29) is 11.9 Å². The Morgan fingerprint density at radius 3 is 2.74 bits per heavy atom. The van der Waals surface area contributed by atoms with Crippen molar-refractivity contribution in [1.29, 1.82) is 0 Å². The van der Waals surface area contributed by atoms with Gasteiger partial charge in [-0.3, -0.25) is 0 Å². The second-order valence-corrected chi connectivity index (χ2v) is 4.60. The topological polar surface area (TPSA) is 18.5 Å². The first kappa shape index (κ1) is 12.2. The number of hydrogen-bond donors (Lipinski definition) is 0. The maximum atomic E-state index is 12.8. The van der Waals surface area contributed by atoms with Gasteiger partial charge in [-0.15, -0.1) is 0 Å². The van der Waals surface area contributed by atoms with Crippen LogP contribution < -0.4 is 4.74 Å². The van der Waals surface area contributed by atoms with Crippen molar-refractivity contribution in [1.82, 2.24) is 0 Å². The van der Waals surface area contributed by atoms with E-state index in [4.69, 9.17) is 9.47 Å². The maximum absolute atomic E-state index is 12.8. The number of benzene rings is 2. The van der Waals surface area contributed by atoms with Crippen LogP contribution in [0.25, 0.3) is 0 Å². The summed E-state index contributed by atoms with van der Waals surface area (Å²) in [4.78, 5) is 0. The number of fused-ring (bicyclic) bond motifs is 1. The molecular weight excluding hydrogens is 243 g/mol. The Morgan fingerprint density at radius 2 is 1.89 bits per heavy atom. The van der Waals surface area contributed by atoms with E-state index in [2.05, 4.69) is 0 Å². The van der Waals surface area contributed by atoms with Crippen LogP contribution in [-0.2, 0) is 11.3 Å². The Morgan fingerprint density at radius 1 is 1.11 bits per heavy atom. The van der Waals surface area contributed by atoms with Crippen molar-refractivity contribution in [2.75, 3.05) is 6.61 Å². The number of ether oxygens (including phenoxy) is 2. The molecule has 0 unspecified atom stereocenters. The number of halogens is 1. The summed E-state index contributed by atoms with van der Waals surface area (Å²) < 4.78 is 24.3.